The van der Waals surface area contributed by atoms with E-state index in [9.17, 15) is 9.59 Å². The van der Waals surface area contributed by atoms with Crippen LogP contribution in [0.3, 0.4) is 0 Å². The van der Waals surface area contributed by atoms with E-state index in [-0.39, 0.29) is 5.56 Å². The highest BCUT2D eigenvalue weighted by Gasteiger charge is 2.14. The Morgan fingerprint density at radius 1 is 1.35 bits per heavy atom. The number of para-hydroxylation sites is 1. The molecule has 0 atom stereocenters. The highest BCUT2D eigenvalue weighted by atomic mass is 32.1. The fourth-order valence-electron chi connectivity index (χ4n) is 2.28. The first-order chi connectivity index (χ1) is 11.1. The molecule has 0 spiro atoms. The van der Waals surface area contributed by atoms with E-state index in [2.05, 4.69) is 10.3 Å². The number of fused-ring (bicyclic) bond motifs is 1. The summed E-state index contributed by atoms with van der Waals surface area (Å²) in [6.07, 6.45) is 0.869. The molecule has 0 fully saturated rings. The molecule has 1 aromatic carbocycles. The van der Waals surface area contributed by atoms with E-state index < -0.39 is 11.5 Å². The van der Waals surface area contributed by atoms with Crippen LogP contribution < -0.4 is 10.9 Å². The van der Waals surface area contributed by atoms with Gasteiger partial charge in [-0.15, -0.1) is 11.3 Å². The zero-order valence-corrected chi connectivity index (χ0v) is 13.7. The fraction of sp³-hybridized carbons (Fsp3) is 0.235. The summed E-state index contributed by atoms with van der Waals surface area (Å²) in [6, 6.07) is 8.68. The summed E-state index contributed by atoms with van der Waals surface area (Å²) >= 11 is 1.58. The lowest BCUT2D eigenvalue weighted by molar-refractivity contribution is 0.0947. The Balaban J connectivity index is 1.81. The summed E-state index contributed by atoms with van der Waals surface area (Å²) in [5.74, 6) is -0.435. The van der Waals surface area contributed by atoms with Crippen LogP contribution in [0.25, 0.3) is 11.0 Å². The minimum Gasteiger partial charge on any atom is -0.422 e. The van der Waals surface area contributed by atoms with Crippen molar-refractivity contribution in [3.63, 3.8) is 0 Å². The number of rotatable bonds is 4. The van der Waals surface area contributed by atoms with Crippen molar-refractivity contribution in [1.29, 1.82) is 0 Å². The van der Waals surface area contributed by atoms with E-state index >= 15 is 0 Å². The zero-order chi connectivity index (χ0) is 16.4. The van der Waals surface area contributed by atoms with Crippen LogP contribution in [-0.2, 0) is 13.0 Å². The lowest BCUT2D eigenvalue weighted by Gasteiger charge is -2.04. The number of carbonyl (C=O) groups is 1. The second-order valence-electron chi connectivity index (χ2n) is 5.14. The van der Waals surface area contributed by atoms with Gasteiger partial charge >= 0.3 is 5.63 Å². The van der Waals surface area contributed by atoms with Crippen LogP contribution >= 0.6 is 11.3 Å². The number of hydrogen-bond acceptors (Lipinski definition) is 5. The van der Waals surface area contributed by atoms with Gasteiger partial charge in [-0.25, -0.2) is 9.78 Å². The molecule has 0 aliphatic heterocycles. The van der Waals surface area contributed by atoms with Crippen molar-refractivity contribution in [2.45, 2.75) is 26.8 Å². The number of aryl methyl sites for hydroxylation is 2. The van der Waals surface area contributed by atoms with Crippen molar-refractivity contribution in [1.82, 2.24) is 10.3 Å². The van der Waals surface area contributed by atoms with Crippen LogP contribution in [0.4, 0.5) is 0 Å². The highest BCUT2D eigenvalue weighted by Crippen LogP contribution is 2.18. The first kappa shape index (κ1) is 15.4. The number of aromatic nitrogens is 1. The Bertz CT molecular complexity index is 927. The second kappa shape index (κ2) is 6.34. The molecule has 3 aromatic rings. The van der Waals surface area contributed by atoms with Crippen molar-refractivity contribution >= 4 is 28.2 Å². The summed E-state index contributed by atoms with van der Waals surface area (Å²) in [5.41, 5.74) is 0.774. The number of amides is 1. The van der Waals surface area contributed by atoms with E-state index in [1.807, 2.05) is 19.9 Å². The summed E-state index contributed by atoms with van der Waals surface area (Å²) < 4.78 is 5.19. The number of thiazole rings is 1. The zero-order valence-electron chi connectivity index (χ0n) is 12.9. The topological polar surface area (TPSA) is 72.2 Å². The van der Waals surface area contributed by atoms with E-state index in [4.69, 9.17) is 4.42 Å². The summed E-state index contributed by atoms with van der Waals surface area (Å²) in [7, 11) is 0. The predicted molar refractivity (Wildman–Crippen MR) is 89.9 cm³/mol. The van der Waals surface area contributed by atoms with Crippen molar-refractivity contribution in [2.24, 2.45) is 0 Å². The van der Waals surface area contributed by atoms with Gasteiger partial charge in [-0.1, -0.05) is 25.1 Å². The molecule has 0 radical (unpaired) electrons. The first-order valence-corrected chi connectivity index (χ1v) is 8.16. The molecule has 2 aromatic heterocycles. The Morgan fingerprint density at radius 2 is 2.13 bits per heavy atom. The fourth-order valence-corrected chi connectivity index (χ4v) is 3.23. The van der Waals surface area contributed by atoms with Crippen molar-refractivity contribution in [3.05, 3.63) is 61.9 Å². The molecule has 5 nitrogen and oxygen atoms in total. The van der Waals surface area contributed by atoms with E-state index in [1.165, 1.54) is 0 Å². The minimum absolute atomic E-state index is 0.0154. The standard InChI is InChI=1S/C17H16N2O3S/c1-3-15-19-10(2)14(23-15)9-18-16(20)12-8-11-6-4-5-7-13(11)22-17(12)21/h4-8H,3,9H2,1-2H3,(H,18,20). The van der Waals surface area contributed by atoms with Gasteiger partial charge in [0.25, 0.3) is 5.91 Å². The molecule has 118 valence electrons. The molecule has 0 aliphatic rings. The Hall–Kier alpha value is -2.47. The van der Waals surface area contributed by atoms with Crippen molar-refractivity contribution < 1.29 is 9.21 Å². The van der Waals surface area contributed by atoms with Gasteiger partial charge in [0.2, 0.25) is 0 Å². The third kappa shape index (κ3) is 3.17. The van der Waals surface area contributed by atoms with Crippen LogP contribution in [0.5, 0.6) is 0 Å². The first-order valence-electron chi connectivity index (χ1n) is 7.34. The molecular formula is C17H16N2O3S. The maximum atomic E-state index is 12.3. The Kier molecular flexibility index (Phi) is 4.25. The molecule has 3 rings (SSSR count). The van der Waals surface area contributed by atoms with Crippen LogP contribution in [0.1, 0.15) is 32.9 Å². The van der Waals surface area contributed by atoms with Crippen LogP contribution in [0.15, 0.2) is 39.5 Å². The van der Waals surface area contributed by atoms with Gasteiger partial charge < -0.3 is 9.73 Å². The number of hydrogen-bond donors (Lipinski definition) is 1. The normalized spacial score (nSPS) is 10.9. The Morgan fingerprint density at radius 3 is 2.87 bits per heavy atom. The van der Waals surface area contributed by atoms with Crippen molar-refractivity contribution in [2.75, 3.05) is 0 Å². The number of carbonyl (C=O) groups excluding carboxylic acids is 1. The maximum Gasteiger partial charge on any atom is 0.349 e. The molecule has 0 bridgehead atoms. The van der Waals surface area contributed by atoms with E-state index in [0.29, 0.717) is 12.1 Å². The van der Waals surface area contributed by atoms with Gasteiger partial charge in [0.15, 0.2) is 0 Å². The minimum atomic E-state index is -0.628. The molecule has 0 saturated heterocycles. The quantitative estimate of drug-likeness (QED) is 0.747. The average molecular weight is 328 g/mol. The second-order valence-corrected chi connectivity index (χ2v) is 6.31. The summed E-state index contributed by atoms with van der Waals surface area (Å²) in [6.45, 7) is 4.32. The van der Waals surface area contributed by atoms with Crippen LogP contribution in [0.2, 0.25) is 0 Å². The van der Waals surface area contributed by atoms with Gasteiger partial charge in [-0.3, -0.25) is 4.79 Å². The molecule has 0 unspecified atom stereocenters. The molecule has 6 heteroatoms. The largest absolute Gasteiger partial charge is 0.422 e. The van der Waals surface area contributed by atoms with Gasteiger partial charge in [0.05, 0.1) is 17.2 Å². The SMILES string of the molecule is CCc1nc(C)c(CNC(=O)c2cc3ccccc3oc2=O)s1. The van der Waals surface area contributed by atoms with Gasteiger partial charge in [0.1, 0.15) is 11.1 Å². The van der Waals surface area contributed by atoms with Crippen LogP contribution in [0, 0.1) is 6.92 Å². The van der Waals surface area contributed by atoms with Crippen LogP contribution in [-0.4, -0.2) is 10.9 Å². The van der Waals surface area contributed by atoms with Gasteiger partial charge in [-0.2, -0.15) is 0 Å². The molecule has 1 N–H and O–H groups in total. The number of nitrogens with zero attached hydrogens (tertiary/aromatic N) is 1. The monoisotopic (exact) mass is 328 g/mol. The lowest BCUT2D eigenvalue weighted by atomic mass is 10.2. The maximum absolute atomic E-state index is 12.3. The Labute approximate surface area is 137 Å². The molecule has 1 amide bonds. The molecule has 2 heterocycles. The molecule has 0 saturated carbocycles. The van der Waals surface area contributed by atoms with Crippen molar-refractivity contribution in [3.8, 4) is 0 Å². The van der Waals surface area contributed by atoms with Gasteiger partial charge in [0, 0.05) is 10.3 Å². The third-order valence-electron chi connectivity index (χ3n) is 3.53. The molecular weight excluding hydrogens is 312 g/mol. The number of nitrogens with one attached hydrogen (secondary N) is 1. The summed E-state index contributed by atoms with van der Waals surface area (Å²) in [5, 5.41) is 4.53. The highest BCUT2D eigenvalue weighted by molar-refractivity contribution is 7.11. The molecule has 0 aliphatic carbocycles. The van der Waals surface area contributed by atoms with E-state index in [1.54, 1.807) is 35.6 Å². The smallest absolute Gasteiger partial charge is 0.349 e. The summed E-state index contributed by atoms with van der Waals surface area (Å²) in [4.78, 5) is 29.7. The third-order valence-corrected chi connectivity index (χ3v) is 4.84. The lowest BCUT2D eigenvalue weighted by Crippen LogP contribution is -2.27. The molecule has 23 heavy (non-hydrogen) atoms. The van der Waals surface area contributed by atoms with E-state index in [0.717, 1.165) is 27.4 Å². The van der Waals surface area contributed by atoms with Gasteiger partial charge in [-0.05, 0) is 25.5 Å². The number of benzene rings is 1. The predicted octanol–water partition coefficient (Wildman–Crippen LogP) is 3.05. The average Bonchev–Trinajstić information content (AvgIpc) is 2.92.